The lowest BCUT2D eigenvalue weighted by molar-refractivity contribution is -0.139. The highest BCUT2D eigenvalue weighted by Crippen LogP contribution is 2.01. The lowest BCUT2D eigenvalue weighted by atomic mass is 10.0. The van der Waals surface area contributed by atoms with E-state index in [9.17, 15) is 4.79 Å². The number of carbonyl (C=O) groups is 1. The highest BCUT2D eigenvalue weighted by atomic mass is 35.5. The number of nitrogens with one attached hydrogen (secondary N) is 1. The zero-order valence-corrected chi connectivity index (χ0v) is 9.89. The van der Waals surface area contributed by atoms with Gasteiger partial charge in [0, 0.05) is 12.6 Å². The number of nitrogens with two attached hydrogens (primary N) is 1. The lowest BCUT2D eigenvalue weighted by Crippen LogP contribution is -2.37. The van der Waals surface area contributed by atoms with E-state index >= 15 is 0 Å². The van der Waals surface area contributed by atoms with Crippen molar-refractivity contribution in [2.24, 2.45) is 11.7 Å². The molecule has 1 atom stereocenters. The maximum atomic E-state index is 10.7. The Morgan fingerprint density at radius 1 is 1.50 bits per heavy atom. The number of rotatable bonds is 6. The molecular formula is C9H21ClN2O2. The van der Waals surface area contributed by atoms with E-state index in [1.54, 1.807) is 0 Å². The van der Waals surface area contributed by atoms with E-state index in [-0.39, 0.29) is 31.0 Å². The van der Waals surface area contributed by atoms with Crippen LogP contribution in [0.4, 0.5) is 0 Å². The number of hydrogen-bond donors (Lipinski definition) is 2. The number of hydrogen-bond acceptors (Lipinski definition) is 4. The van der Waals surface area contributed by atoms with Crippen molar-refractivity contribution >= 4 is 18.4 Å². The standard InChI is InChI=1S/C9H20N2O2.ClH/c1-7(2)4-8(10)5-11-6-9(12)13-3;/h7-8,11H,4-6,10H2,1-3H3;1H. The molecule has 0 aliphatic heterocycles. The molecule has 0 rings (SSSR count). The Balaban J connectivity index is 0. The first-order chi connectivity index (χ1) is 6.06. The molecule has 0 saturated heterocycles. The molecule has 4 nitrogen and oxygen atoms in total. The lowest BCUT2D eigenvalue weighted by Gasteiger charge is -2.13. The molecule has 86 valence electrons. The Morgan fingerprint density at radius 2 is 2.07 bits per heavy atom. The summed E-state index contributed by atoms with van der Waals surface area (Å²) in [5, 5.41) is 2.94. The van der Waals surface area contributed by atoms with Crippen LogP contribution in [0.15, 0.2) is 0 Å². The molecule has 0 aromatic carbocycles. The van der Waals surface area contributed by atoms with Gasteiger partial charge in [-0.25, -0.2) is 0 Å². The van der Waals surface area contributed by atoms with Gasteiger partial charge < -0.3 is 15.8 Å². The minimum Gasteiger partial charge on any atom is -0.468 e. The van der Waals surface area contributed by atoms with E-state index in [0.29, 0.717) is 12.5 Å². The van der Waals surface area contributed by atoms with Crippen molar-refractivity contribution in [1.82, 2.24) is 5.32 Å². The average molecular weight is 225 g/mol. The second-order valence-electron chi connectivity index (χ2n) is 3.60. The summed E-state index contributed by atoms with van der Waals surface area (Å²) in [5.41, 5.74) is 5.79. The molecule has 0 aromatic heterocycles. The van der Waals surface area contributed by atoms with Crippen LogP contribution >= 0.6 is 12.4 Å². The molecule has 3 N–H and O–H groups in total. The third kappa shape index (κ3) is 9.77. The molecule has 0 aliphatic carbocycles. The van der Waals surface area contributed by atoms with Crippen molar-refractivity contribution in [1.29, 1.82) is 0 Å². The van der Waals surface area contributed by atoms with Crippen molar-refractivity contribution in [3.8, 4) is 0 Å². The minimum absolute atomic E-state index is 0. The van der Waals surface area contributed by atoms with E-state index in [4.69, 9.17) is 5.73 Å². The molecule has 0 aromatic rings. The molecule has 0 spiro atoms. The quantitative estimate of drug-likeness (QED) is 0.647. The van der Waals surface area contributed by atoms with Crippen molar-refractivity contribution in [2.45, 2.75) is 26.3 Å². The van der Waals surface area contributed by atoms with Gasteiger partial charge in [-0.1, -0.05) is 13.8 Å². The van der Waals surface area contributed by atoms with E-state index in [1.165, 1.54) is 7.11 Å². The second kappa shape index (κ2) is 9.24. The van der Waals surface area contributed by atoms with E-state index < -0.39 is 0 Å². The van der Waals surface area contributed by atoms with Crippen LogP contribution < -0.4 is 11.1 Å². The fraction of sp³-hybridized carbons (Fsp3) is 0.889. The summed E-state index contributed by atoms with van der Waals surface area (Å²) in [6.07, 6.45) is 0.966. The number of halogens is 1. The number of ether oxygens (including phenoxy) is 1. The fourth-order valence-electron chi connectivity index (χ4n) is 1.12. The van der Waals surface area contributed by atoms with E-state index in [1.807, 2.05) is 0 Å². The summed E-state index contributed by atoms with van der Waals surface area (Å²) in [6.45, 7) is 5.15. The first-order valence-corrected chi connectivity index (χ1v) is 4.59. The van der Waals surface area contributed by atoms with Gasteiger partial charge >= 0.3 is 5.97 Å². The van der Waals surface area contributed by atoms with Crippen LogP contribution in [0.25, 0.3) is 0 Å². The normalized spacial score (nSPS) is 12.1. The maximum Gasteiger partial charge on any atom is 0.319 e. The van der Waals surface area contributed by atoms with Gasteiger partial charge in [-0.15, -0.1) is 12.4 Å². The summed E-state index contributed by atoms with van der Waals surface area (Å²) >= 11 is 0. The Bertz CT molecular complexity index is 154. The van der Waals surface area contributed by atoms with Gasteiger partial charge in [0.15, 0.2) is 0 Å². The van der Waals surface area contributed by atoms with Gasteiger partial charge in [0.25, 0.3) is 0 Å². The predicted octanol–water partition coefficient (Wildman–Crippen LogP) is 0.544. The zero-order chi connectivity index (χ0) is 10.3. The van der Waals surface area contributed by atoms with E-state index in [0.717, 1.165) is 6.42 Å². The van der Waals surface area contributed by atoms with Crippen LogP contribution in [0.5, 0.6) is 0 Å². The molecule has 0 saturated carbocycles. The summed E-state index contributed by atoms with van der Waals surface area (Å²) in [6, 6.07) is 0.115. The Hall–Kier alpha value is -0.320. The molecule has 0 amide bonds. The molecule has 0 aliphatic rings. The van der Waals surface area contributed by atoms with Gasteiger partial charge in [-0.2, -0.15) is 0 Å². The largest absolute Gasteiger partial charge is 0.468 e. The third-order valence-electron chi connectivity index (χ3n) is 1.68. The number of methoxy groups -OCH3 is 1. The second-order valence-corrected chi connectivity index (χ2v) is 3.60. The van der Waals surface area contributed by atoms with Crippen molar-refractivity contribution in [3.05, 3.63) is 0 Å². The summed E-state index contributed by atoms with van der Waals surface area (Å²) in [5.74, 6) is 0.340. The van der Waals surface area contributed by atoms with Gasteiger partial charge in [0.2, 0.25) is 0 Å². The van der Waals surface area contributed by atoms with Gasteiger partial charge in [0.05, 0.1) is 13.7 Å². The molecule has 14 heavy (non-hydrogen) atoms. The molecule has 0 bridgehead atoms. The highest BCUT2D eigenvalue weighted by Gasteiger charge is 2.06. The van der Waals surface area contributed by atoms with Crippen molar-refractivity contribution < 1.29 is 9.53 Å². The number of esters is 1. The van der Waals surface area contributed by atoms with E-state index in [2.05, 4.69) is 23.9 Å². The van der Waals surface area contributed by atoms with Gasteiger partial charge in [-0.3, -0.25) is 4.79 Å². The van der Waals surface area contributed by atoms with Crippen molar-refractivity contribution in [3.63, 3.8) is 0 Å². The van der Waals surface area contributed by atoms with Gasteiger partial charge in [-0.05, 0) is 12.3 Å². The maximum absolute atomic E-state index is 10.7. The molecule has 0 heterocycles. The van der Waals surface area contributed by atoms with Crippen LogP contribution in [0.1, 0.15) is 20.3 Å². The third-order valence-corrected chi connectivity index (χ3v) is 1.68. The predicted molar refractivity (Wildman–Crippen MR) is 59.6 cm³/mol. The number of carbonyl (C=O) groups excluding carboxylic acids is 1. The van der Waals surface area contributed by atoms with Gasteiger partial charge in [0.1, 0.15) is 0 Å². The Kier molecular flexibility index (Phi) is 10.6. The van der Waals surface area contributed by atoms with Crippen LogP contribution in [0.3, 0.4) is 0 Å². The molecular weight excluding hydrogens is 204 g/mol. The topological polar surface area (TPSA) is 64.3 Å². The smallest absolute Gasteiger partial charge is 0.319 e. The fourth-order valence-corrected chi connectivity index (χ4v) is 1.12. The zero-order valence-electron chi connectivity index (χ0n) is 9.08. The average Bonchev–Trinajstić information content (AvgIpc) is 2.02. The van der Waals surface area contributed by atoms with Crippen LogP contribution in [-0.2, 0) is 9.53 Å². The Morgan fingerprint density at radius 3 is 2.50 bits per heavy atom. The SMILES string of the molecule is COC(=O)CNCC(N)CC(C)C.Cl. The monoisotopic (exact) mass is 224 g/mol. The highest BCUT2D eigenvalue weighted by molar-refractivity contribution is 5.85. The molecule has 0 fully saturated rings. The molecule has 0 radical (unpaired) electrons. The first-order valence-electron chi connectivity index (χ1n) is 4.59. The molecule has 5 heteroatoms. The van der Waals surface area contributed by atoms with Crippen molar-refractivity contribution in [2.75, 3.05) is 20.2 Å². The molecule has 1 unspecified atom stereocenters. The van der Waals surface area contributed by atoms with Crippen LogP contribution in [0, 0.1) is 5.92 Å². The summed E-state index contributed by atoms with van der Waals surface area (Å²) < 4.78 is 4.47. The summed E-state index contributed by atoms with van der Waals surface area (Å²) in [4.78, 5) is 10.7. The van der Waals surface area contributed by atoms with Crippen LogP contribution in [-0.4, -0.2) is 32.2 Å². The summed E-state index contributed by atoms with van der Waals surface area (Å²) in [7, 11) is 1.37. The van der Waals surface area contributed by atoms with Crippen LogP contribution in [0.2, 0.25) is 0 Å². The Labute approximate surface area is 92.0 Å². The minimum atomic E-state index is -0.253. The first kappa shape index (κ1) is 16.1.